The zero-order valence-electron chi connectivity index (χ0n) is 9.43. The van der Waals surface area contributed by atoms with Crippen LogP contribution in [-0.4, -0.2) is 23.0 Å². The number of carbonyl (C=O) groups is 2. The van der Waals surface area contributed by atoms with Crippen molar-refractivity contribution in [3.05, 3.63) is 23.8 Å². The van der Waals surface area contributed by atoms with Gasteiger partial charge in [0.15, 0.2) is 0 Å². The second-order valence-electron chi connectivity index (χ2n) is 3.77. The molecule has 0 aliphatic carbocycles. The number of aryl methyl sites for hydroxylation is 1. The summed E-state index contributed by atoms with van der Waals surface area (Å²) < 4.78 is 0. The van der Waals surface area contributed by atoms with Crippen molar-refractivity contribution in [3.8, 4) is 5.75 Å². The Kier molecular flexibility index (Phi) is 4.06. The molecule has 1 rings (SSSR count). The molecule has 6 heteroatoms. The van der Waals surface area contributed by atoms with Crippen LogP contribution in [0.2, 0.25) is 0 Å². The zero-order chi connectivity index (χ0) is 13.0. The predicted octanol–water partition coefficient (Wildman–Crippen LogP) is -0.158. The van der Waals surface area contributed by atoms with E-state index in [1.54, 1.807) is 19.1 Å². The van der Waals surface area contributed by atoms with Gasteiger partial charge in [-0.15, -0.1) is 0 Å². The van der Waals surface area contributed by atoms with E-state index in [2.05, 4.69) is 5.32 Å². The number of hydrogen-bond acceptors (Lipinski definition) is 4. The van der Waals surface area contributed by atoms with Crippen LogP contribution in [0, 0.1) is 6.92 Å². The molecule has 0 spiro atoms. The average molecular weight is 237 g/mol. The van der Waals surface area contributed by atoms with E-state index in [4.69, 9.17) is 11.5 Å². The topological polar surface area (TPSA) is 118 Å². The van der Waals surface area contributed by atoms with Gasteiger partial charge in [-0.2, -0.15) is 0 Å². The van der Waals surface area contributed by atoms with E-state index in [1.807, 2.05) is 0 Å². The summed E-state index contributed by atoms with van der Waals surface area (Å²) in [6, 6.07) is 3.70. The maximum Gasteiger partial charge on any atom is 0.241 e. The van der Waals surface area contributed by atoms with E-state index in [-0.39, 0.29) is 12.2 Å². The minimum Gasteiger partial charge on any atom is -0.508 e. The molecule has 0 saturated heterocycles. The molecule has 0 fully saturated rings. The second-order valence-corrected chi connectivity index (χ2v) is 3.77. The number of aromatic hydroxyl groups is 1. The largest absolute Gasteiger partial charge is 0.508 e. The Balaban J connectivity index is 2.67. The molecule has 1 aromatic carbocycles. The molecule has 0 heterocycles. The first-order valence-electron chi connectivity index (χ1n) is 5.04. The van der Waals surface area contributed by atoms with Crippen molar-refractivity contribution in [3.63, 3.8) is 0 Å². The number of hydrogen-bond donors (Lipinski definition) is 4. The van der Waals surface area contributed by atoms with Crippen molar-refractivity contribution in [1.82, 2.24) is 0 Å². The number of rotatable bonds is 4. The number of phenols is 1. The minimum absolute atomic E-state index is 0.0753. The molecule has 92 valence electrons. The van der Waals surface area contributed by atoms with E-state index in [0.717, 1.165) is 0 Å². The lowest BCUT2D eigenvalue weighted by atomic mass is 10.1. The van der Waals surface area contributed by atoms with Gasteiger partial charge in [-0.1, -0.05) is 6.07 Å². The normalized spacial score (nSPS) is 11.9. The highest BCUT2D eigenvalue weighted by Gasteiger charge is 2.16. The van der Waals surface area contributed by atoms with Crippen molar-refractivity contribution in [2.75, 3.05) is 5.32 Å². The number of amides is 2. The first-order chi connectivity index (χ1) is 7.90. The van der Waals surface area contributed by atoms with Crippen LogP contribution >= 0.6 is 0 Å². The average Bonchev–Trinajstić information content (AvgIpc) is 2.22. The van der Waals surface area contributed by atoms with E-state index in [0.29, 0.717) is 11.3 Å². The third-order valence-corrected chi connectivity index (χ3v) is 2.23. The summed E-state index contributed by atoms with van der Waals surface area (Å²) >= 11 is 0. The van der Waals surface area contributed by atoms with E-state index < -0.39 is 17.9 Å². The summed E-state index contributed by atoms with van der Waals surface area (Å²) in [5.74, 6) is -1.09. The Bertz CT molecular complexity index is 446. The molecule has 1 atom stereocenters. The molecule has 1 aromatic rings. The molecule has 0 aromatic heterocycles. The Morgan fingerprint density at radius 1 is 1.47 bits per heavy atom. The number of carbonyl (C=O) groups excluding carboxylic acids is 2. The molecule has 1 unspecified atom stereocenters. The van der Waals surface area contributed by atoms with Gasteiger partial charge in [0, 0.05) is 11.8 Å². The summed E-state index contributed by atoms with van der Waals surface area (Å²) in [6.07, 6.45) is -0.219. The molecule has 17 heavy (non-hydrogen) atoms. The van der Waals surface area contributed by atoms with Crippen molar-refractivity contribution in [2.24, 2.45) is 11.5 Å². The summed E-state index contributed by atoms with van der Waals surface area (Å²) in [5, 5.41) is 11.9. The predicted molar refractivity (Wildman–Crippen MR) is 63.3 cm³/mol. The summed E-state index contributed by atoms with van der Waals surface area (Å²) in [5.41, 5.74) is 11.5. The van der Waals surface area contributed by atoms with Crippen LogP contribution in [0.15, 0.2) is 18.2 Å². The molecule has 6 N–H and O–H groups in total. The molecule has 0 radical (unpaired) electrons. The van der Waals surface area contributed by atoms with Crippen LogP contribution < -0.4 is 16.8 Å². The molecule has 6 nitrogen and oxygen atoms in total. The van der Waals surface area contributed by atoms with Crippen molar-refractivity contribution in [1.29, 1.82) is 0 Å². The molecular weight excluding hydrogens is 222 g/mol. The van der Waals surface area contributed by atoms with Crippen molar-refractivity contribution < 1.29 is 14.7 Å². The lowest BCUT2D eigenvalue weighted by Gasteiger charge is -2.11. The Morgan fingerprint density at radius 2 is 2.12 bits per heavy atom. The van der Waals surface area contributed by atoms with Gasteiger partial charge in [0.25, 0.3) is 0 Å². The zero-order valence-corrected chi connectivity index (χ0v) is 9.43. The maximum absolute atomic E-state index is 11.5. The highest BCUT2D eigenvalue weighted by atomic mass is 16.3. The molecule has 2 amide bonds. The van der Waals surface area contributed by atoms with Crippen molar-refractivity contribution >= 4 is 17.5 Å². The lowest BCUT2D eigenvalue weighted by Crippen LogP contribution is -2.38. The lowest BCUT2D eigenvalue weighted by molar-refractivity contribution is -0.123. The standard InChI is InChI=1S/C11H15N3O3/c1-6-2-3-7(4-9(6)15)14-11(17)8(12)5-10(13)16/h2-4,8,15H,5,12H2,1H3,(H2,13,16)(H,14,17). The molecular formula is C11H15N3O3. The van der Waals surface area contributed by atoms with Gasteiger partial charge < -0.3 is 21.9 Å². The number of phenolic OH excluding ortho intramolecular Hbond substituents is 1. The van der Waals surface area contributed by atoms with Crippen LogP contribution in [0.3, 0.4) is 0 Å². The highest BCUT2D eigenvalue weighted by molar-refractivity contribution is 5.97. The Morgan fingerprint density at radius 3 is 2.65 bits per heavy atom. The van der Waals surface area contributed by atoms with Gasteiger partial charge in [0.1, 0.15) is 5.75 Å². The third kappa shape index (κ3) is 3.76. The van der Waals surface area contributed by atoms with Gasteiger partial charge in [0.05, 0.1) is 12.5 Å². The highest BCUT2D eigenvalue weighted by Crippen LogP contribution is 2.20. The fourth-order valence-electron chi connectivity index (χ4n) is 1.23. The summed E-state index contributed by atoms with van der Waals surface area (Å²) in [6.45, 7) is 1.74. The first-order valence-corrected chi connectivity index (χ1v) is 5.04. The second kappa shape index (κ2) is 5.31. The Hall–Kier alpha value is -2.08. The SMILES string of the molecule is Cc1ccc(NC(=O)C(N)CC(N)=O)cc1O. The first kappa shape index (κ1) is 13.0. The van der Waals surface area contributed by atoms with Gasteiger partial charge >= 0.3 is 0 Å². The summed E-state index contributed by atoms with van der Waals surface area (Å²) in [4.78, 5) is 22.1. The van der Waals surface area contributed by atoms with E-state index >= 15 is 0 Å². The number of primary amides is 1. The Labute approximate surface area is 98.6 Å². The van der Waals surface area contributed by atoms with Crippen LogP contribution in [0.25, 0.3) is 0 Å². The van der Waals surface area contributed by atoms with Crippen LogP contribution in [0.1, 0.15) is 12.0 Å². The van der Waals surface area contributed by atoms with Crippen molar-refractivity contribution in [2.45, 2.75) is 19.4 Å². The number of nitrogens with two attached hydrogens (primary N) is 2. The fraction of sp³-hybridized carbons (Fsp3) is 0.273. The minimum atomic E-state index is -0.990. The van der Waals surface area contributed by atoms with Gasteiger partial charge in [-0.25, -0.2) is 0 Å². The van der Waals surface area contributed by atoms with Gasteiger partial charge in [-0.05, 0) is 18.6 Å². The number of benzene rings is 1. The maximum atomic E-state index is 11.5. The third-order valence-electron chi connectivity index (χ3n) is 2.23. The monoisotopic (exact) mass is 237 g/mol. The van der Waals surface area contributed by atoms with Crippen LogP contribution in [0.5, 0.6) is 5.75 Å². The smallest absolute Gasteiger partial charge is 0.241 e. The summed E-state index contributed by atoms with van der Waals surface area (Å²) in [7, 11) is 0. The van der Waals surface area contributed by atoms with Gasteiger partial charge in [0.2, 0.25) is 11.8 Å². The van der Waals surface area contributed by atoms with E-state index in [1.165, 1.54) is 6.07 Å². The molecule has 0 saturated carbocycles. The van der Waals surface area contributed by atoms with Gasteiger partial charge in [-0.3, -0.25) is 9.59 Å². The molecule has 0 aliphatic heterocycles. The fourth-order valence-corrected chi connectivity index (χ4v) is 1.23. The van der Waals surface area contributed by atoms with Crippen LogP contribution in [-0.2, 0) is 9.59 Å². The quantitative estimate of drug-likeness (QED) is 0.581. The molecule has 0 bridgehead atoms. The van der Waals surface area contributed by atoms with Crippen LogP contribution in [0.4, 0.5) is 5.69 Å². The number of anilines is 1. The van der Waals surface area contributed by atoms with E-state index in [9.17, 15) is 14.7 Å². The molecule has 0 aliphatic rings. The number of nitrogens with one attached hydrogen (secondary N) is 1.